The summed E-state index contributed by atoms with van der Waals surface area (Å²) in [5.74, 6) is -0.868. The number of hydrazine groups is 1. The third kappa shape index (κ3) is 5.98. The number of H-pyrrole nitrogens is 1. The number of benzene rings is 3. The lowest BCUT2D eigenvalue weighted by atomic mass is 10.0. The molecule has 3 aromatic carbocycles. The fraction of sp³-hybridized carbons (Fsp3) is 0.148. The van der Waals surface area contributed by atoms with Crippen molar-refractivity contribution >= 4 is 45.9 Å². The largest absolute Gasteiger partial charge is 0.351 e. The molecule has 1 aromatic heterocycles. The van der Waals surface area contributed by atoms with Gasteiger partial charge in [0.05, 0.1) is 6.54 Å². The van der Waals surface area contributed by atoms with Crippen LogP contribution in [-0.2, 0) is 17.8 Å². The summed E-state index contributed by atoms with van der Waals surface area (Å²) in [5, 5.41) is 17.0. The Bertz CT molecular complexity index is 1410. The van der Waals surface area contributed by atoms with Gasteiger partial charge in [-0.05, 0) is 47.5 Å². The maximum Gasteiger partial charge on any atom is 0.268 e. The van der Waals surface area contributed by atoms with Crippen LogP contribution in [0, 0.1) is 11.5 Å². The van der Waals surface area contributed by atoms with Gasteiger partial charge in [0.25, 0.3) is 11.8 Å². The van der Waals surface area contributed by atoms with Crippen molar-refractivity contribution in [3.63, 3.8) is 0 Å². The van der Waals surface area contributed by atoms with Gasteiger partial charge in [0, 0.05) is 34.4 Å². The van der Waals surface area contributed by atoms with Gasteiger partial charge in [-0.2, -0.15) is 5.26 Å². The quantitative estimate of drug-likeness (QED) is 0.191. The monoisotopic (exact) mass is 519 g/mol. The molecule has 1 heterocycles. The number of amides is 2. The molecule has 0 aliphatic heterocycles. The molecule has 182 valence electrons. The van der Waals surface area contributed by atoms with E-state index in [0.717, 1.165) is 22.0 Å². The van der Waals surface area contributed by atoms with Gasteiger partial charge in [0.15, 0.2) is 6.19 Å². The molecule has 1 atom stereocenters. The molecule has 0 saturated carbocycles. The first-order valence-corrected chi connectivity index (χ1v) is 11.9. The number of carbonyl (C=O) groups is 2. The molecule has 0 unspecified atom stereocenters. The minimum Gasteiger partial charge on any atom is -0.351 e. The SMILES string of the molecule is CN(C(=O)[C@H](Cc1ccccc1)NC(=O)c1cc2cc(Cl)ccc2[nH]1)N(C#N)Cc1ccc(Cl)cc1. The van der Waals surface area contributed by atoms with E-state index in [1.54, 1.807) is 48.5 Å². The van der Waals surface area contributed by atoms with Gasteiger partial charge in [-0.3, -0.25) is 9.59 Å². The fourth-order valence-electron chi connectivity index (χ4n) is 3.83. The zero-order chi connectivity index (χ0) is 25.7. The summed E-state index contributed by atoms with van der Waals surface area (Å²) >= 11 is 12.0. The van der Waals surface area contributed by atoms with Crippen LogP contribution >= 0.6 is 23.2 Å². The predicted molar refractivity (Wildman–Crippen MR) is 140 cm³/mol. The number of hydrogen-bond acceptors (Lipinski definition) is 4. The normalized spacial score (nSPS) is 11.5. The van der Waals surface area contributed by atoms with E-state index in [-0.39, 0.29) is 13.0 Å². The molecule has 4 aromatic rings. The van der Waals surface area contributed by atoms with Crippen LogP contribution in [0.2, 0.25) is 10.0 Å². The van der Waals surface area contributed by atoms with E-state index in [1.165, 1.54) is 17.1 Å². The molecule has 7 nitrogen and oxygen atoms in total. The minimum absolute atomic E-state index is 0.171. The Balaban J connectivity index is 1.56. The molecule has 0 saturated heterocycles. The summed E-state index contributed by atoms with van der Waals surface area (Å²) in [7, 11) is 1.51. The summed E-state index contributed by atoms with van der Waals surface area (Å²) in [4.78, 5) is 29.8. The maximum absolute atomic E-state index is 13.5. The highest BCUT2D eigenvalue weighted by molar-refractivity contribution is 6.31. The molecule has 0 bridgehead atoms. The topological polar surface area (TPSA) is 92.2 Å². The number of nitriles is 1. The van der Waals surface area contributed by atoms with Crippen molar-refractivity contribution in [2.75, 3.05) is 7.05 Å². The highest BCUT2D eigenvalue weighted by Gasteiger charge is 2.28. The Morgan fingerprint density at radius 1 is 0.972 bits per heavy atom. The summed E-state index contributed by atoms with van der Waals surface area (Å²) in [6.45, 7) is 0.171. The second-order valence-corrected chi connectivity index (χ2v) is 9.15. The van der Waals surface area contributed by atoms with Crippen LogP contribution in [0.25, 0.3) is 10.9 Å². The first kappa shape index (κ1) is 25.1. The Hall–Kier alpha value is -3.99. The van der Waals surface area contributed by atoms with Crippen LogP contribution in [0.4, 0.5) is 0 Å². The lowest BCUT2D eigenvalue weighted by molar-refractivity contribution is -0.143. The Morgan fingerprint density at radius 3 is 2.36 bits per heavy atom. The maximum atomic E-state index is 13.5. The number of aromatic amines is 1. The van der Waals surface area contributed by atoms with Gasteiger partial charge < -0.3 is 10.3 Å². The molecule has 4 rings (SSSR count). The summed E-state index contributed by atoms with van der Waals surface area (Å²) in [6, 6.07) is 22.4. The number of rotatable bonds is 8. The number of fused-ring (bicyclic) bond motifs is 1. The standard InChI is InChI=1S/C27H23Cl2N5O2/c1-33(34(17-30)16-19-7-9-21(28)10-8-19)27(36)25(13-18-5-3-2-4-6-18)32-26(35)24-15-20-14-22(29)11-12-23(20)31-24/h2-12,14-15,25,31H,13,16H2,1H3,(H,32,35)/t25-/m0/s1. The number of nitrogens with one attached hydrogen (secondary N) is 2. The van der Waals surface area contributed by atoms with E-state index < -0.39 is 17.9 Å². The van der Waals surface area contributed by atoms with Crippen molar-refractivity contribution in [1.82, 2.24) is 20.3 Å². The van der Waals surface area contributed by atoms with E-state index in [0.29, 0.717) is 15.7 Å². The average Bonchev–Trinajstić information content (AvgIpc) is 3.31. The molecule has 0 aliphatic rings. The number of carbonyl (C=O) groups excluding carboxylic acids is 2. The zero-order valence-electron chi connectivity index (χ0n) is 19.4. The fourth-order valence-corrected chi connectivity index (χ4v) is 4.13. The van der Waals surface area contributed by atoms with Gasteiger partial charge in [-0.1, -0.05) is 65.7 Å². The third-order valence-corrected chi connectivity index (χ3v) is 6.24. The van der Waals surface area contributed by atoms with Gasteiger partial charge in [-0.25, -0.2) is 10.0 Å². The minimum atomic E-state index is -0.916. The molecule has 2 amide bonds. The first-order chi connectivity index (χ1) is 17.3. The molecule has 0 spiro atoms. The molecule has 36 heavy (non-hydrogen) atoms. The van der Waals surface area contributed by atoms with E-state index in [9.17, 15) is 14.9 Å². The van der Waals surface area contributed by atoms with Gasteiger partial charge in [0.2, 0.25) is 0 Å². The second-order valence-electron chi connectivity index (χ2n) is 8.28. The summed E-state index contributed by atoms with van der Waals surface area (Å²) in [5.41, 5.74) is 2.74. The highest BCUT2D eigenvalue weighted by Crippen LogP contribution is 2.20. The van der Waals surface area contributed by atoms with Crippen molar-refractivity contribution in [2.24, 2.45) is 0 Å². The Labute approximate surface area is 218 Å². The molecular weight excluding hydrogens is 497 g/mol. The average molecular weight is 520 g/mol. The van der Waals surface area contributed by atoms with Crippen molar-refractivity contribution in [3.05, 3.63) is 106 Å². The van der Waals surface area contributed by atoms with Crippen LogP contribution in [0.15, 0.2) is 78.9 Å². The lowest BCUT2D eigenvalue weighted by Gasteiger charge is -2.30. The summed E-state index contributed by atoms with van der Waals surface area (Å²) in [6.07, 6.45) is 2.30. The number of hydrogen-bond donors (Lipinski definition) is 2. The van der Waals surface area contributed by atoms with E-state index in [1.807, 2.05) is 36.5 Å². The van der Waals surface area contributed by atoms with Crippen molar-refractivity contribution in [1.29, 1.82) is 5.26 Å². The van der Waals surface area contributed by atoms with Gasteiger partial charge in [0.1, 0.15) is 11.7 Å². The van der Waals surface area contributed by atoms with Crippen LogP contribution in [0.1, 0.15) is 21.6 Å². The number of aromatic nitrogens is 1. The zero-order valence-corrected chi connectivity index (χ0v) is 20.9. The first-order valence-electron chi connectivity index (χ1n) is 11.2. The van der Waals surface area contributed by atoms with Crippen LogP contribution in [0.3, 0.4) is 0 Å². The molecule has 0 aliphatic carbocycles. The van der Waals surface area contributed by atoms with Crippen molar-refractivity contribution in [3.8, 4) is 6.19 Å². The van der Waals surface area contributed by atoms with Gasteiger partial charge in [-0.15, -0.1) is 0 Å². The number of halogens is 2. The van der Waals surface area contributed by atoms with Gasteiger partial charge >= 0.3 is 0 Å². The summed E-state index contributed by atoms with van der Waals surface area (Å²) < 4.78 is 0. The molecule has 2 N–H and O–H groups in total. The third-order valence-electron chi connectivity index (χ3n) is 5.76. The van der Waals surface area contributed by atoms with Crippen LogP contribution < -0.4 is 5.32 Å². The lowest BCUT2D eigenvalue weighted by Crippen LogP contribution is -2.52. The molecule has 9 heteroatoms. The Kier molecular flexibility index (Phi) is 7.79. The smallest absolute Gasteiger partial charge is 0.268 e. The highest BCUT2D eigenvalue weighted by atomic mass is 35.5. The second kappa shape index (κ2) is 11.2. The molecule has 0 radical (unpaired) electrons. The molecule has 0 fully saturated rings. The van der Waals surface area contributed by atoms with E-state index in [2.05, 4.69) is 10.3 Å². The van der Waals surface area contributed by atoms with Crippen molar-refractivity contribution < 1.29 is 9.59 Å². The Morgan fingerprint density at radius 2 is 1.67 bits per heavy atom. The van der Waals surface area contributed by atoms with E-state index >= 15 is 0 Å². The number of nitrogens with zero attached hydrogens (tertiary/aromatic N) is 3. The molecular formula is C27H23Cl2N5O2. The van der Waals surface area contributed by atoms with Crippen LogP contribution in [0.5, 0.6) is 0 Å². The van der Waals surface area contributed by atoms with E-state index in [4.69, 9.17) is 23.2 Å². The number of likely N-dealkylation sites (N-methyl/N-ethyl adjacent to an activating group) is 1. The van der Waals surface area contributed by atoms with Crippen molar-refractivity contribution in [2.45, 2.75) is 19.0 Å². The van der Waals surface area contributed by atoms with Crippen LogP contribution in [-0.4, -0.2) is 39.9 Å². The predicted octanol–water partition coefficient (Wildman–Crippen LogP) is 5.17.